The monoisotopic (exact) mass is 356 g/mol. The van der Waals surface area contributed by atoms with Gasteiger partial charge in [0.15, 0.2) is 0 Å². The van der Waals surface area contributed by atoms with Crippen LogP contribution < -0.4 is 0 Å². The number of amidine groups is 1. The summed E-state index contributed by atoms with van der Waals surface area (Å²) >= 11 is 0. The van der Waals surface area contributed by atoms with Crippen molar-refractivity contribution in [3.63, 3.8) is 0 Å². The number of ether oxygens (including phenoxy) is 1. The van der Waals surface area contributed by atoms with Gasteiger partial charge in [0.25, 0.3) is 0 Å². The van der Waals surface area contributed by atoms with Crippen LogP contribution in [0.2, 0.25) is 0 Å². The van der Waals surface area contributed by atoms with Gasteiger partial charge in [-0.1, -0.05) is 78.9 Å². The molecule has 0 aliphatic carbocycles. The SMILES string of the molecule is c1ccc(CC(=Nc2ccccc2-c2ccccc2)N2CCOCC2)cc1. The molecule has 0 radical (unpaired) electrons. The molecule has 1 heterocycles. The molecule has 0 spiro atoms. The van der Waals surface area contributed by atoms with Crippen LogP contribution in [0.25, 0.3) is 11.1 Å². The highest BCUT2D eigenvalue weighted by Crippen LogP contribution is 2.30. The van der Waals surface area contributed by atoms with Gasteiger partial charge < -0.3 is 9.64 Å². The van der Waals surface area contributed by atoms with Crippen LogP contribution in [0, 0.1) is 0 Å². The van der Waals surface area contributed by atoms with Crippen molar-refractivity contribution in [3.8, 4) is 11.1 Å². The molecule has 0 aromatic heterocycles. The molecule has 3 aromatic carbocycles. The van der Waals surface area contributed by atoms with E-state index in [1.807, 2.05) is 6.07 Å². The Bertz CT molecular complexity index is 885. The van der Waals surface area contributed by atoms with Crippen molar-refractivity contribution in [2.45, 2.75) is 6.42 Å². The molecule has 1 aliphatic rings. The van der Waals surface area contributed by atoms with Gasteiger partial charge in [-0.05, 0) is 17.2 Å². The number of hydrogen-bond acceptors (Lipinski definition) is 2. The van der Waals surface area contributed by atoms with Crippen molar-refractivity contribution >= 4 is 11.5 Å². The molecule has 3 aromatic rings. The summed E-state index contributed by atoms with van der Waals surface area (Å²) in [6, 6.07) is 29.4. The maximum atomic E-state index is 5.55. The Morgan fingerprint density at radius 1 is 0.778 bits per heavy atom. The molecule has 0 bridgehead atoms. The van der Waals surface area contributed by atoms with Crippen molar-refractivity contribution in [2.24, 2.45) is 4.99 Å². The molecule has 4 rings (SSSR count). The number of morpholine rings is 1. The molecule has 27 heavy (non-hydrogen) atoms. The predicted molar refractivity (Wildman–Crippen MR) is 112 cm³/mol. The van der Waals surface area contributed by atoms with Crippen molar-refractivity contribution < 1.29 is 4.74 Å². The lowest BCUT2D eigenvalue weighted by Crippen LogP contribution is -2.41. The summed E-state index contributed by atoms with van der Waals surface area (Å²) in [4.78, 5) is 7.50. The van der Waals surface area contributed by atoms with Crippen LogP contribution >= 0.6 is 0 Å². The highest BCUT2D eigenvalue weighted by atomic mass is 16.5. The fourth-order valence-electron chi connectivity index (χ4n) is 3.39. The number of para-hydroxylation sites is 1. The molecule has 3 nitrogen and oxygen atoms in total. The summed E-state index contributed by atoms with van der Waals surface area (Å²) in [7, 11) is 0. The van der Waals surface area contributed by atoms with Gasteiger partial charge in [-0.2, -0.15) is 0 Å². The summed E-state index contributed by atoms with van der Waals surface area (Å²) in [6.45, 7) is 3.29. The lowest BCUT2D eigenvalue weighted by Gasteiger charge is -2.30. The second kappa shape index (κ2) is 8.65. The van der Waals surface area contributed by atoms with E-state index in [-0.39, 0.29) is 0 Å². The van der Waals surface area contributed by atoms with E-state index in [0.29, 0.717) is 0 Å². The number of aliphatic imine (C=N–C) groups is 1. The van der Waals surface area contributed by atoms with Gasteiger partial charge in [0.2, 0.25) is 0 Å². The molecular weight excluding hydrogens is 332 g/mol. The largest absolute Gasteiger partial charge is 0.378 e. The molecule has 3 heteroatoms. The summed E-state index contributed by atoms with van der Waals surface area (Å²) in [5.41, 5.74) is 4.65. The Kier molecular flexibility index (Phi) is 5.61. The second-order valence-electron chi connectivity index (χ2n) is 6.67. The average Bonchev–Trinajstić information content (AvgIpc) is 2.76. The van der Waals surface area contributed by atoms with Gasteiger partial charge in [-0.15, -0.1) is 0 Å². The van der Waals surface area contributed by atoms with E-state index in [1.54, 1.807) is 0 Å². The van der Waals surface area contributed by atoms with Crippen LogP contribution in [0.4, 0.5) is 5.69 Å². The summed E-state index contributed by atoms with van der Waals surface area (Å²) in [5, 5.41) is 0. The first kappa shape index (κ1) is 17.5. The standard InChI is InChI=1S/C24H24N2O/c1-3-9-20(10-4-1)19-24(26-15-17-27-18-16-26)25-23-14-8-7-13-22(23)21-11-5-2-6-12-21/h1-14H,15-19H2. The lowest BCUT2D eigenvalue weighted by molar-refractivity contribution is 0.0674. The number of hydrogen-bond donors (Lipinski definition) is 0. The molecule has 0 N–H and O–H groups in total. The van der Waals surface area contributed by atoms with Gasteiger partial charge in [-0.25, -0.2) is 4.99 Å². The van der Waals surface area contributed by atoms with Gasteiger partial charge in [0.1, 0.15) is 5.84 Å². The molecule has 0 amide bonds. The van der Waals surface area contributed by atoms with E-state index in [0.717, 1.165) is 49.8 Å². The Morgan fingerprint density at radius 3 is 2.15 bits per heavy atom. The van der Waals surface area contributed by atoms with Crippen molar-refractivity contribution in [3.05, 3.63) is 90.5 Å². The van der Waals surface area contributed by atoms with E-state index in [1.165, 1.54) is 11.1 Å². The van der Waals surface area contributed by atoms with E-state index in [9.17, 15) is 0 Å². The molecular formula is C24H24N2O. The topological polar surface area (TPSA) is 24.8 Å². The zero-order valence-corrected chi connectivity index (χ0v) is 15.4. The van der Waals surface area contributed by atoms with Crippen LogP contribution in [-0.4, -0.2) is 37.0 Å². The fourth-order valence-corrected chi connectivity index (χ4v) is 3.39. The van der Waals surface area contributed by atoms with Gasteiger partial charge in [-0.3, -0.25) is 0 Å². The quantitative estimate of drug-likeness (QED) is 0.488. The minimum absolute atomic E-state index is 0.758. The molecule has 0 atom stereocenters. The van der Waals surface area contributed by atoms with Gasteiger partial charge >= 0.3 is 0 Å². The zero-order valence-electron chi connectivity index (χ0n) is 15.4. The predicted octanol–water partition coefficient (Wildman–Crippen LogP) is 4.96. The highest BCUT2D eigenvalue weighted by molar-refractivity contribution is 5.89. The van der Waals surface area contributed by atoms with Crippen molar-refractivity contribution in [2.75, 3.05) is 26.3 Å². The first-order valence-corrected chi connectivity index (χ1v) is 9.49. The van der Waals surface area contributed by atoms with Crippen LogP contribution in [0.5, 0.6) is 0 Å². The molecule has 0 saturated carbocycles. The Morgan fingerprint density at radius 2 is 1.41 bits per heavy atom. The maximum Gasteiger partial charge on any atom is 0.109 e. The molecule has 0 unspecified atom stereocenters. The third-order valence-corrected chi connectivity index (χ3v) is 4.82. The van der Waals surface area contributed by atoms with Crippen LogP contribution in [0.1, 0.15) is 5.56 Å². The summed E-state index contributed by atoms with van der Waals surface area (Å²) in [5.74, 6) is 1.10. The summed E-state index contributed by atoms with van der Waals surface area (Å²) < 4.78 is 5.55. The third-order valence-electron chi connectivity index (χ3n) is 4.82. The number of benzene rings is 3. The lowest BCUT2D eigenvalue weighted by atomic mass is 10.0. The van der Waals surface area contributed by atoms with E-state index in [4.69, 9.17) is 9.73 Å². The Labute approximate surface area is 160 Å². The first-order chi connectivity index (χ1) is 13.4. The molecule has 136 valence electrons. The minimum atomic E-state index is 0.758. The van der Waals surface area contributed by atoms with E-state index in [2.05, 4.69) is 83.8 Å². The molecule has 1 fully saturated rings. The van der Waals surface area contributed by atoms with Crippen molar-refractivity contribution in [1.82, 2.24) is 4.90 Å². The third kappa shape index (κ3) is 4.44. The number of nitrogens with zero attached hydrogens (tertiary/aromatic N) is 2. The first-order valence-electron chi connectivity index (χ1n) is 9.49. The smallest absolute Gasteiger partial charge is 0.109 e. The van der Waals surface area contributed by atoms with E-state index < -0.39 is 0 Å². The van der Waals surface area contributed by atoms with Crippen LogP contribution in [-0.2, 0) is 11.2 Å². The second-order valence-corrected chi connectivity index (χ2v) is 6.67. The molecule has 1 saturated heterocycles. The normalized spacial score (nSPS) is 15.0. The average molecular weight is 356 g/mol. The Hall–Kier alpha value is -2.91. The minimum Gasteiger partial charge on any atom is -0.378 e. The van der Waals surface area contributed by atoms with Gasteiger partial charge in [0.05, 0.1) is 18.9 Å². The van der Waals surface area contributed by atoms with Gasteiger partial charge in [0, 0.05) is 25.1 Å². The van der Waals surface area contributed by atoms with Crippen molar-refractivity contribution in [1.29, 1.82) is 0 Å². The molecule has 1 aliphatic heterocycles. The number of rotatable bonds is 4. The highest BCUT2D eigenvalue weighted by Gasteiger charge is 2.16. The summed E-state index contributed by atoms with van der Waals surface area (Å²) in [6.07, 6.45) is 0.823. The zero-order chi connectivity index (χ0) is 18.3. The fraction of sp³-hybridized carbons (Fsp3) is 0.208. The van der Waals surface area contributed by atoms with Crippen LogP contribution in [0.15, 0.2) is 89.9 Å². The van der Waals surface area contributed by atoms with E-state index >= 15 is 0 Å². The van der Waals surface area contributed by atoms with Crippen LogP contribution in [0.3, 0.4) is 0 Å². The maximum absolute atomic E-state index is 5.55. The Balaban J connectivity index is 1.72.